The molecule has 0 radical (unpaired) electrons. The van der Waals surface area contributed by atoms with E-state index in [1.165, 1.54) is 0 Å². The highest BCUT2D eigenvalue weighted by Gasteiger charge is 2.25. The summed E-state index contributed by atoms with van der Waals surface area (Å²) in [4.78, 5) is 0. The number of alkyl halides is 3. The normalized spacial score (nSPS) is 11.4. The van der Waals surface area contributed by atoms with Crippen molar-refractivity contribution in [2.45, 2.75) is 25.4 Å². The second-order valence-corrected chi connectivity index (χ2v) is 3.62. The monoisotopic (exact) mass is 232 g/mol. The zero-order chi connectivity index (χ0) is 12.0. The van der Waals surface area contributed by atoms with Crippen molar-refractivity contribution in [3.8, 4) is 0 Å². The maximum Gasteiger partial charge on any atom is 0.389 e. The summed E-state index contributed by atoms with van der Waals surface area (Å²) in [6.07, 6.45) is -4.09. The van der Waals surface area contributed by atoms with Crippen molar-refractivity contribution in [3.63, 3.8) is 0 Å². The standard InChI is InChI=1S/C11H15F3N2/c12-11(13,14)7-1-2-8-16-10-5-3-9(15)4-6-10/h3-6,16H,1-2,7-8,15H2. The summed E-state index contributed by atoms with van der Waals surface area (Å²) in [5.74, 6) is 0. The number of benzene rings is 1. The summed E-state index contributed by atoms with van der Waals surface area (Å²) in [5, 5.41) is 3.04. The third-order valence-electron chi connectivity index (χ3n) is 2.13. The molecule has 0 aromatic heterocycles. The lowest BCUT2D eigenvalue weighted by molar-refractivity contribution is -0.135. The van der Waals surface area contributed by atoms with E-state index >= 15 is 0 Å². The Labute approximate surface area is 92.6 Å². The second-order valence-electron chi connectivity index (χ2n) is 3.62. The zero-order valence-electron chi connectivity index (χ0n) is 8.85. The van der Waals surface area contributed by atoms with Crippen LogP contribution in [0.3, 0.4) is 0 Å². The van der Waals surface area contributed by atoms with E-state index in [2.05, 4.69) is 5.32 Å². The van der Waals surface area contributed by atoms with E-state index in [1.54, 1.807) is 24.3 Å². The number of unbranched alkanes of at least 4 members (excludes halogenated alkanes) is 1. The first-order valence-corrected chi connectivity index (χ1v) is 5.13. The van der Waals surface area contributed by atoms with Crippen molar-refractivity contribution < 1.29 is 13.2 Å². The smallest absolute Gasteiger partial charge is 0.389 e. The van der Waals surface area contributed by atoms with Crippen LogP contribution in [-0.2, 0) is 0 Å². The fourth-order valence-corrected chi connectivity index (χ4v) is 1.28. The lowest BCUT2D eigenvalue weighted by atomic mass is 10.2. The first kappa shape index (κ1) is 12.7. The van der Waals surface area contributed by atoms with Crippen LogP contribution >= 0.6 is 0 Å². The van der Waals surface area contributed by atoms with Crippen molar-refractivity contribution in [3.05, 3.63) is 24.3 Å². The summed E-state index contributed by atoms with van der Waals surface area (Å²) in [6, 6.07) is 7.11. The van der Waals surface area contributed by atoms with E-state index in [0.29, 0.717) is 18.7 Å². The van der Waals surface area contributed by atoms with E-state index in [4.69, 9.17) is 5.73 Å². The van der Waals surface area contributed by atoms with Crippen molar-refractivity contribution in [2.24, 2.45) is 0 Å². The molecule has 1 rings (SSSR count). The molecule has 16 heavy (non-hydrogen) atoms. The SMILES string of the molecule is Nc1ccc(NCCCCC(F)(F)F)cc1. The van der Waals surface area contributed by atoms with Gasteiger partial charge < -0.3 is 11.1 Å². The molecule has 0 saturated carbocycles. The van der Waals surface area contributed by atoms with E-state index in [1.807, 2.05) is 0 Å². The van der Waals surface area contributed by atoms with Gasteiger partial charge in [0.15, 0.2) is 0 Å². The quantitative estimate of drug-likeness (QED) is 0.603. The van der Waals surface area contributed by atoms with Gasteiger partial charge in [0.25, 0.3) is 0 Å². The van der Waals surface area contributed by atoms with Gasteiger partial charge in [-0.3, -0.25) is 0 Å². The molecule has 0 atom stereocenters. The predicted molar refractivity (Wildman–Crippen MR) is 59.3 cm³/mol. The van der Waals surface area contributed by atoms with Crippen LogP contribution in [0.5, 0.6) is 0 Å². The van der Waals surface area contributed by atoms with Gasteiger partial charge in [-0.05, 0) is 37.1 Å². The lowest BCUT2D eigenvalue weighted by Crippen LogP contribution is -2.08. The molecule has 1 aromatic carbocycles. The van der Waals surface area contributed by atoms with Gasteiger partial charge in [0.05, 0.1) is 0 Å². The number of rotatable bonds is 5. The molecular weight excluding hydrogens is 217 g/mol. The van der Waals surface area contributed by atoms with Crippen LogP contribution in [0.15, 0.2) is 24.3 Å². The molecule has 0 aliphatic rings. The van der Waals surface area contributed by atoms with Crippen molar-refractivity contribution in [1.29, 1.82) is 0 Å². The maximum absolute atomic E-state index is 11.8. The van der Waals surface area contributed by atoms with Crippen LogP contribution in [0.4, 0.5) is 24.5 Å². The highest BCUT2D eigenvalue weighted by Crippen LogP contribution is 2.22. The van der Waals surface area contributed by atoms with Crippen molar-refractivity contribution in [1.82, 2.24) is 0 Å². The predicted octanol–water partition coefficient (Wildman–Crippen LogP) is 3.41. The van der Waals surface area contributed by atoms with E-state index < -0.39 is 12.6 Å². The fraction of sp³-hybridized carbons (Fsp3) is 0.455. The van der Waals surface area contributed by atoms with E-state index in [0.717, 1.165) is 5.69 Å². The average molecular weight is 232 g/mol. The number of hydrogen-bond donors (Lipinski definition) is 2. The third kappa shape index (κ3) is 5.48. The molecule has 0 unspecified atom stereocenters. The lowest BCUT2D eigenvalue weighted by Gasteiger charge is -2.08. The highest BCUT2D eigenvalue weighted by molar-refractivity contribution is 5.50. The van der Waals surface area contributed by atoms with Gasteiger partial charge in [-0.15, -0.1) is 0 Å². The Morgan fingerprint density at radius 1 is 1.06 bits per heavy atom. The molecule has 3 N–H and O–H groups in total. The minimum Gasteiger partial charge on any atom is -0.399 e. The minimum absolute atomic E-state index is 0.158. The average Bonchev–Trinajstić information content (AvgIpc) is 2.19. The number of nitrogens with two attached hydrogens (primary N) is 1. The third-order valence-corrected chi connectivity index (χ3v) is 2.13. The fourth-order valence-electron chi connectivity index (χ4n) is 1.28. The molecular formula is C11H15F3N2. The molecule has 2 nitrogen and oxygen atoms in total. The van der Waals surface area contributed by atoms with E-state index in [-0.39, 0.29) is 6.42 Å². The Balaban J connectivity index is 2.14. The molecule has 1 aromatic rings. The summed E-state index contributed by atoms with van der Waals surface area (Å²) in [7, 11) is 0. The zero-order valence-corrected chi connectivity index (χ0v) is 8.85. The van der Waals surface area contributed by atoms with Gasteiger partial charge in [-0.25, -0.2) is 0 Å². The molecule has 0 bridgehead atoms. The van der Waals surface area contributed by atoms with Gasteiger partial charge >= 0.3 is 6.18 Å². The van der Waals surface area contributed by atoms with Gasteiger partial charge in [-0.1, -0.05) is 0 Å². The van der Waals surface area contributed by atoms with Crippen LogP contribution < -0.4 is 11.1 Å². The summed E-state index contributed by atoms with van der Waals surface area (Å²) in [5.41, 5.74) is 7.04. The van der Waals surface area contributed by atoms with Crippen LogP contribution in [0.25, 0.3) is 0 Å². The van der Waals surface area contributed by atoms with Gasteiger partial charge in [0.2, 0.25) is 0 Å². The first-order valence-electron chi connectivity index (χ1n) is 5.13. The van der Waals surface area contributed by atoms with Gasteiger partial charge in [0.1, 0.15) is 0 Å². The summed E-state index contributed by atoms with van der Waals surface area (Å²) >= 11 is 0. The summed E-state index contributed by atoms with van der Waals surface area (Å²) in [6.45, 7) is 0.542. The molecule has 90 valence electrons. The van der Waals surface area contributed by atoms with Crippen LogP contribution in [0, 0.1) is 0 Å². The van der Waals surface area contributed by atoms with Crippen molar-refractivity contribution >= 4 is 11.4 Å². The second kappa shape index (κ2) is 5.63. The largest absolute Gasteiger partial charge is 0.399 e. The van der Waals surface area contributed by atoms with Crippen molar-refractivity contribution in [2.75, 3.05) is 17.6 Å². The Bertz CT molecular complexity index is 306. The molecule has 5 heteroatoms. The molecule has 0 saturated heterocycles. The van der Waals surface area contributed by atoms with Gasteiger partial charge in [0, 0.05) is 24.3 Å². The Hall–Kier alpha value is -1.39. The Morgan fingerprint density at radius 3 is 2.25 bits per heavy atom. The molecule has 0 aliphatic carbocycles. The molecule has 0 heterocycles. The summed E-state index contributed by atoms with van der Waals surface area (Å²) < 4.78 is 35.4. The Kier molecular flexibility index (Phi) is 4.46. The number of nitrogens with one attached hydrogen (secondary N) is 1. The number of halogens is 3. The molecule has 0 aliphatic heterocycles. The Morgan fingerprint density at radius 2 is 1.69 bits per heavy atom. The van der Waals surface area contributed by atoms with Gasteiger partial charge in [-0.2, -0.15) is 13.2 Å². The number of nitrogen functional groups attached to an aromatic ring is 1. The topological polar surface area (TPSA) is 38.0 Å². The number of hydrogen-bond acceptors (Lipinski definition) is 2. The first-order chi connectivity index (χ1) is 7.47. The highest BCUT2D eigenvalue weighted by atomic mass is 19.4. The number of anilines is 2. The van der Waals surface area contributed by atoms with Crippen LogP contribution in [-0.4, -0.2) is 12.7 Å². The molecule has 0 spiro atoms. The molecule has 0 amide bonds. The molecule has 0 fully saturated rings. The van der Waals surface area contributed by atoms with Crippen LogP contribution in [0.1, 0.15) is 19.3 Å². The van der Waals surface area contributed by atoms with Crippen LogP contribution in [0.2, 0.25) is 0 Å². The maximum atomic E-state index is 11.8. The minimum atomic E-state index is -4.04. The van der Waals surface area contributed by atoms with E-state index in [9.17, 15) is 13.2 Å².